The van der Waals surface area contributed by atoms with Gasteiger partial charge in [-0.1, -0.05) is 23.2 Å². The summed E-state index contributed by atoms with van der Waals surface area (Å²) in [6.07, 6.45) is -0.118. The number of carbonyl (C=O) groups is 1. The highest BCUT2D eigenvalue weighted by atomic mass is 35.5. The minimum absolute atomic E-state index is 0.118. The summed E-state index contributed by atoms with van der Waals surface area (Å²) >= 11 is 16.8. The predicted molar refractivity (Wildman–Crippen MR) is 50.9 cm³/mol. The van der Waals surface area contributed by atoms with E-state index < -0.39 is 15.7 Å². The van der Waals surface area contributed by atoms with Gasteiger partial charge in [0.1, 0.15) is 0 Å². The van der Waals surface area contributed by atoms with E-state index in [1.165, 1.54) is 0 Å². The van der Waals surface area contributed by atoms with E-state index in [0.29, 0.717) is 0 Å². The van der Waals surface area contributed by atoms with Crippen LogP contribution in [0.2, 0.25) is 0 Å². The van der Waals surface area contributed by atoms with Crippen molar-refractivity contribution in [1.82, 2.24) is 0 Å². The zero-order valence-electron chi connectivity index (χ0n) is 6.89. The molecule has 0 spiro atoms. The summed E-state index contributed by atoms with van der Waals surface area (Å²) in [4.78, 5) is 11.1. The first kappa shape index (κ1) is 12.8. The van der Waals surface area contributed by atoms with E-state index in [1.54, 1.807) is 13.0 Å². The summed E-state index contributed by atoms with van der Waals surface area (Å²) in [5, 5.41) is 7.34. The quantitative estimate of drug-likeness (QED) is 0.563. The fourth-order valence-electron chi connectivity index (χ4n) is 0.564. The van der Waals surface area contributed by atoms with Crippen LogP contribution < -0.4 is 0 Å². The second-order valence-corrected chi connectivity index (χ2v) is 4.09. The monoisotopic (exact) mass is 243 g/mol. The van der Waals surface area contributed by atoms with Crippen LogP contribution in [0.15, 0.2) is 0 Å². The van der Waals surface area contributed by atoms with Crippen molar-refractivity contribution < 1.29 is 9.53 Å². The highest BCUT2D eigenvalue weighted by molar-refractivity contribution is 6.60. The number of hydrogen-bond acceptors (Lipinski definition) is 3. The molecule has 1 atom stereocenters. The van der Waals surface area contributed by atoms with Crippen LogP contribution in [0, 0.1) is 11.3 Å². The summed E-state index contributed by atoms with van der Waals surface area (Å²) in [6, 6.07) is 1.76. The minimum atomic E-state index is -1.85. The molecule has 3 nitrogen and oxygen atoms in total. The van der Waals surface area contributed by atoms with Gasteiger partial charge in [0.15, 0.2) is 0 Å². The number of carbonyl (C=O) groups excluding carboxylic acids is 1. The van der Waals surface area contributed by atoms with E-state index in [4.69, 9.17) is 40.1 Å². The van der Waals surface area contributed by atoms with Crippen molar-refractivity contribution in [3.63, 3.8) is 0 Å². The lowest BCUT2D eigenvalue weighted by atomic mass is 10.2. The van der Waals surface area contributed by atoms with E-state index in [0.717, 1.165) is 0 Å². The zero-order chi connectivity index (χ0) is 10.5. The van der Waals surface area contributed by atoms with Crippen LogP contribution in [0.3, 0.4) is 0 Å². The molecule has 0 aliphatic carbocycles. The van der Waals surface area contributed by atoms with E-state index in [1.807, 2.05) is 0 Å². The van der Waals surface area contributed by atoms with Crippen LogP contribution in [-0.4, -0.2) is 22.3 Å². The number of nitriles is 1. The summed E-state index contributed by atoms with van der Waals surface area (Å²) in [5.41, 5.74) is 0. The Hall–Kier alpha value is -0.170. The first-order valence-electron chi connectivity index (χ1n) is 3.52. The number of halogens is 3. The van der Waals surface area contributed by atoms with Gasteiger partial charge < -0.3 is 4.74 Å². The average molecular weight is 245 g/mol. The third-order valence-corrected chi connectivity index (χ3v) is 2.75. The Labute approximate surface area is 91.5 Å². The Kier molecular flexibility index (Phi) is 5.46. The Morgan fingerprint density at radius 2 is 2.23 bits per heavy atom. The molecule has 0 radical (unpaired) electrons. The van der Waals surface area contributed by atoms with Crippen LogP contribution >= 0.6 is 34.8 Å². The Bertz CT molecular complexity index is 224. The second-order valence-electron chi connectivity index (χ2n) is 2.17. The molecule has 0 saturated heterocycles. The minimum Gasteiger partial charge on any atom is -0.464 e. The normalized spacial score (nSPS) is 13.2. The number of hydrogen-bond donors (Lipinski definition) is 0. The summed E-state index contributed by atoms with van der Waals surface area (Å²) in [7, 11) is 0. The van der Waals surface area contributed by atoms with Crippen LogP contribution in [0.1, 0.15) is 13.3 Å². The third-order valence-electron chi connectivity index (χ3n) is 1.21. The van der Waals surface area contributed by atoms with Gasteiger partial charge in [-0.25, -0.2) is 4.79 Å². The third kappa shape index (κ3) is 3.60. The van der Waals surface area contributed by atoms with E-state index >= 15 is 0 Å². The Balaban J connectivity index is 4.37. The fraction of sp³-hybridized carbons (Fsp3) is 0.714. The van der Waals surface area contributed by atoms with E-state index in [-0.39, 0.29) is 13.0 Å². The first-order valence-corrected chi connectivity index (χ1v) is 4.72. The molecular formula is C7H8Cl3NO2. The topological polar surface area (TPSA) is 50.1 Å². The van der Waals surface area contributed by atoms with Gasteiger partial charge in [-0.05, 0) is 6.92 Å². The number of alkyl halides is 3. The van der Waals surface area contributed by atoms with Crippen LogP contribution in [0.4, 0.5) is 0 Å². The lowest BCUT2D eigenvalue weighted by Gasteiger charge is -2.20. The summed E-state index contributed by atoms with van der Waals surface area (Å²) in [5.74, 6) is -0.825. The molecule has 74 valence electrons. The maximum atomic E-state index is 11.1. The molecule has 6 heteroatoms. The molecule has 0 bridgehead atoms. The van der Waals surface area contributed by atoms with Gasteiger partial charge in [-0.15, -0.1) is 11.6 Å². The van der Waals surface area contributed by atoms with Gasteiger partial charge in [-0.3, -0.25) is 0 Å². The molecule has 0 saturated carbocycles. The average Bonchev–Trinajstić information content (AvgIpc) is 2.05. The number of ether oxygens (including phenoxy) is 1. The predicted octanol–water partition coefficient (Wildman–Crippen LogP) is 2.24. The zero-order valence-corrected chi connectivity index (χ0v) is 9.16. The van der Waals surface area contributed by atoms with Crippen LogP contribution in [0.25, 0.3) is 0 Å². The molecule has 0 amide bonds. The molecule has 0 fully saturated rings. The lowest BCUT2D eigenvalue weighted by molar-refractivity contribution is -0.143. The maximum Gasteiger partial charge on any atom is 0.344 e. The van der Waals surface area contributed by atoms with Crippen molar-refractivity contribution in [2.24, 2.45) is 0 Å². The van der Waals surface area contributed by atoms with Gasteiger partial charge in [0.05, 0.1) is 24.5 Å². The molecular weight excluding hydrogens is 236 g/mol. The van der Waals surface area contributed by atoms with E-state index in [9.17, 15) is 4.79 Å². The van der Waals surface area contributed by atoms with Gasteiger partial charge in [0.25, 0.3) is 0 Å². The summed E-state index contributed by atoms with van der Waals surface area (Å²) < 4.78 is 2.72. The smallest absolute Gasteiger partial charge is 0.344 e. The highest BCUT2D eigenvalue weighted by Gasteiger charge is 2.42. The van der Waals surface area contributed by atoms with Crippen LogP contribution in [-0.2, 0) is 9.53 Å². The molecule has 0 aliphatic rings. The molecule has 0 aromatic rings. The number of esters is 1. The number of rotatable bonds is 4. The second kappa shape index (κ2) is 5.54. The SMILES string of the molecule is CCOC(=O)C(Cl)(Cl)C(Cl)CC#N. The van der Waals surface area contributed by atoms with Crippen molar-refractivity contribution >= 4 is 40.8 Å². The van der Waals surface area contributed by atoms with Crippen molar-refractivity contribution in [1.29, 1.82) is 5.26 Å². The standard InChI is InChI=1S/C7H8Cl3NO2/c1-2-13-6(12)7(9,10)5(8)3-4-11/h5H,2-3H2,1H3. The molecule has 0 rings (SSSR count). The largest absolute Gasteiger partial charge is 0.464 e. The van der Waals surface area contributed by atoms with Gasteiger partial charge in [0, 0.05) is 0 Å². The van der Waals surface area contributed by atoms with Crippen molar-refractivity contribution in [3.05, 3.63) is 0 Å². The molecule has 0 aliphatic heterocycles. The number of nitrogens with zero attached hydrogens (tertiary/aromatic N) is 1. The molecule has 0 aromatic carbocycles. The van der Waals surface area contributed by atoms with Crippen LogP contribution in [0.5, 0.6) is 0 Å². The molecule has 0 N–H and O–H groups in total. The fourth-order valence-corrected chi connectivity index (χ4v) is 0.985. The highest BCUT2D eigenvalue weighted by Crippen LogP contribution is 2.32. The summed E-state index contributed by atoms with van der Waals surface area (Å²) in [6.45, 7) is 1.78. The lowest BCUT2D eigenvalue weighted by Crippen LogP contribution is -2.37. The molecule has 1 unspecified atom stereocenters. The molecule has 0 aromatic heterocycles. The van der Waals surface area contributed by atoms with Gasteiger partial charge in [0.2, 0.25) is 4.33 Å². The van der Waals surface area contributed by atoms with Gasteiger partial charge in [-0.2, -0.15) is 5.26 Å². The van der Waals surface area contributed by atoms with E-state index in [2.05, 4.69) is 4.74 Å². The maximum absolute atomic E-state index is 11.1. The van der Waals surface area contributed by atoms with Crippen molar-refractivity contribution in [3.8, 4) is 6.07 Å². The first-order chi connectivity index (χ1) is 5.96. The molecule has 0 heterocycles. The van der Waals surface area contributed by atoms with Crippen molar-refractivity contribution in [2.45, 2.75) is 23.1 Å². The Morgan fingerprint density at radius 3 is 2.62 bits per heavy atom. The molecule has 13 heavy (non-hydrogen) atoms. The Morgan fingerprint density at radius 1 is 1.69 bits per heavy atom. The van der Waals surface area contributed by atoms with Gasteiger partial charge >= 0.3 is 5.97 Å². The van der Waals surface area contributed by atoms with Crippen molar-refractivity contribution in [2.75, 3.05) is 6.61 Å².